The van der Waals surface area contributed by atoms with E-state index >= 15 is 0 Å². The maximum absolute atomic E-state index is 11.5. The van der Waals surface area contributed by atoms with Crippen LogP contribution in [-0.4, -0.2) is 55.2 Å². The number of benzene rings is 1. The summed E-state index contributed by atoms with van der Waals surface area (Å²) in [5, 5.41) is 19.9. The molecule has 1 saturated heterocycles. The third-order valence-corrected chi connectivity index (χ3v) is 3.42. The predicted molar refractivity (Wildman–Crippen MR) is 77.1 cm³/mol. The van der Waals surface area contributed by atoms with Crippen molar-refractivity contribution in [2.24, 2.45) is 0 Å². The van der Waals surface area contributed by atoms with Gasteiger partial charge in [-0.2, -0.15) is 0 Å². The molecule has 2 unspecified atom stereocenters. The summed E-state index contributed by atoms with van der Waals surface area (Å²) in [6, 6.07) is 7.18. The summed E-state index contributed by atoms with van der Waals surface area (Å²) in [5.74, 6) is -0.818. The summed E-state index contributed by atoms with van der Waals surface area (Å²) in [7, 11) is 0. The topological polar surface area (TPSA) is 79.2 Å². The van der Waals surface area contributed by atoms with Gasteiger partial charge in [0.1, 0.15) is 6.10 Å². The summed E-state index contributed by atoms with van der Waals surface area (Å²) in [6.07, 6.45) is -2.88. The lowest BCUT2D eigenvalue weighted by atomic mass is 10.0. The van der Waals surface area contributed by atoms with E-state index in [-0.39, 0.29) is 6.61 Å². The van der Waals surface area contributed by atoms with E-state index in [2.05, 4.69) is 4.90 Å². The van der Waals surface area contributed by atoms with Gasteiger partial charge in [0.15, 0.2) is 6.10 Å². The average Bonchev–Trinajstić information content (AvgIpc) is 2.54. The van der Waals surface area contributed by atoms with Gasteiger partial charge in [-0.25, -0.2) is 4.79 Å². The van der Waals surface area contributed by atoms with Gasteiger partial charge in [0, 0.05) is 18.8 Å². The van der Waals surface area contributed by atoms with Crippen molar-refractivity contribution in [3.8, 4) is 0 Å². The quantitative estimate of drug-likeness (QED) is 0.769. The molecule has 0 bridgehead atoms. The monoisotopic (exact) mass is 295 g/mol. The van der Waals surface area contributed by atoms with Crippen LogP contribution < -0.4 is 4.90 Å². The summed E-state index contributed by atoms with van der Waals surface area (Å²) in [6.45, 7) is 4.70. The highest BCUT2D eigenvalue weighted by Crippen LogP contribution is 2.24. The third-order valence-electron chi connectivity index (χ3n) is 3.42. The lowest BCUT2D eigenvalue weighted by Gasteiger charge is -2.29. The molecule has 0 aliphatic carbocycles. The van der Waals surface area contributed by atoms with Crippen LogP contribution in [0, 0.1) is 0 Å². The van der Waals surface area contributed by atoms with Gasteiger partial charge >= 0.3 is 5.97 Å². The summed E-state index contributed by atoms with van der Waals surface area (Å²) < 4.78 is 10.0. The number of carbonyl (C=O) groups excluding carboxylic acids is 1. The fourth-order valence-electron chi connectivity index (χ4n) is 2.27. The lowest BCUT2D eigenvalue weighted by molar-refractivity contribution is -0.159. The van der Waals surface area contributed by atoms with Crippen LogP contribution in [0.25, 0.3) is 0 Å². The number of rotatable bonds is 5. The molecule has 1 fully saturated rings. The van der Waals surface area contributed by atoms with Crippen molar-refractivity contribution < 1.29 is 24.5 Å². The molecule has 21 heavy (non-hydrogen) atoms. The van der Waals surface area contributed by atoms with E-state index in [0.717, 1.165) is 18.8 Å². The molecule has 2 rings (SSSR count). The molecule has 1 heterocycles. The van der Waals surface area contributed by atoms with Gasteiger partial charge in [-0.05, 0) is 24.6 Å². The van der Waals surface area contributed by atoms with Crippen molar-refractivity contribution in [3.63, 3.8) is 0 Å². The van der Waals surface area contributed by atoms with Crippen molar-refractivity contribution in [2.75, 3.05) is 37.8 Å². The maximum Gasteiger partial charge on any atom is 0.338 e. The number of nitrogens with zero attached hydrogens (tertiary/aromatic N) is 1. The molecule has 1 aliphatic rings. The number of hydrogen-bond donors (Lipinski definition) is 2. The van der Waals surface area contributed by atoms with Crippen LogP contribution in [0.2, 0.25) is 0 Å². The molecule has 116 valence electrons. The number of carbonyl (C=O) groups is 1. The Kier molecular flexibility index (Phi) is 5.55. The van der Waals surface area contributed by atoms with Gasteiger partial charge in [0.2, 0.25) is 0 Å². The summed E-state index contributed by atoms with van der Waals surface area (Å²) in [5.41, 5.74) is 1.42. The molecule has 1 aliphatic heterocycles. The Bertz CT molecular complexity index is 473. The molecule has 0 spiro atoms. The minimum atomic E-state index is -1.58. The molecule has 0 saturated carbocycles. The summed E-state index contributed by atoms with van der Waals surface area (Å²) in [4.78, 5) is 13.6. The van der Waals surface area contributed by atoms with Crippen LogP contribution in [0.1, 0.15) is 18.6 Å². The van der Waals surface area contributed by atoms with E-state index in [4.69, 9.17) is 9.47 Å². The van der Waals surface area contributed by atoms with Crippen LogP contribution in [0.3, 0.4) is 0 Å². The van der Waals surface area contributed by atoms with Crippen molar-refractivity contribution in [1.29, 1.82) is 0 Å². The zero-order chi connectivity index (χ0) is 15.2. The van der Waals surface area contributed by atoms with Crippen LogP contribution in [0.15, 0.2) is 24.3 Å². The second-order valence-corrected chi connectivity index (χ2v) is 4.84. The first-order chi connectivity index (χ1) is 10.1. The highest BCUT2D eigenvalue weighted by molar-refractivity contribution is 5.75. The normalized spacial score (nSPS) is 18.1. The van der Waals surface area contributed by atoms with Crippen molar-refractivity contribution in [2.45, 2.75) is 19.1 Å². The third kappa shape index (κ3) is 3.93. The minimum Gasteiger partial charge on any atom is -0.464 e. The number of aliphatic hydroxyl groups excluding tert-OH is 2. The number of hydrogen-bond acceptors (Lipinski definition) is 6. The SMILES string of the molecule is CCOC(=O)C(O)C(O)c1cccc(N2CCOCC2)c1. The number of esters is 1. The Balaban J connectivity index is 2.10. The van der Waals surface area contributed by atoms with Gasteiger partial charge in [0.05, 0.1) is 19.8 Å². The first-order valence-corrected chi connectivity index (χ1v) is 7.09. The van der Waals surface area contributed by atoms with Crippen molar-refractivity contribution in [3.05, 3.63) is 29.8 Å². The molecular weight excluding hydrogens is 274 g/mol. The Morgan fingerprint density at radius 1 is 1.38 bits per heavy atom. The molecule has 6 heteroatoms. The van der Waals surface area contributed by atoms with Gasteiger partial charge in [-0.15, -0.1) is 0 Å². The van der Waals surface area contributed by atoms with E-state index in [9.17, 15) is 15.0 Å². The Labute approximate surface area is 123 Å². The summed E-state index contributed by atoms with van der Waals surface area (Å²) >= 11 is 0. The van der Waals surface area contributed by atoms with Crippen molar-refractivity contribution in [1.82, 2.24) is 0 Å². The molecule has 2 atom stereocenters. The molecule has 0 radical (unpaired) electrons. The number of aliphatic hydroxyl groups is 2. The first-order valence-electron chi connectivity index (χ1n) is 7.09. The lowest BCUT2D eigenvalue weighted by Crippen LogP contribution is -2.36. The zero-order valence-corrected chi connectivity index (χ0v) is 12.1. The van der Waals surface area contributed by atoms with E-state index in [1.165, 1.54) is 0 Å². The maximum atomic E-state index is 11.5. The number of morpholine rings is 1. The smallest absolute Gasteiger partial charge is 0.338 e. The van der Waals surface area contributed by atoms with Crippen molar-refractivity contribution >= 4 is 11.7 Å². The standard InChI is InChI=1S/C15H21NO5/c1-2-21-15(19)14(18)13(17)11-4-3-5-12(10-11)16-6-8-20-9-7-16/h3-5,10,13-14,17-18H,2,6-9H2,1H3. The molecular formula is C15H21NO5. The largest absolute Gasteiger partial charge is 0.464 e. The van der Waals surface area contributed by atoms with E-state index in [1.807, 2.05) is 6.07 Å². The Hall–Kier alpha value is -1.63. The first kappa shape index (κ1) is 15.8. The molecule has 0 aromatic heterocycles. The number of ether oxygens (including phenoxy) is 2. The van der Waals surface area contributed by atoms with E-state index in [1.54, 1.807) is 25.1 Å². The van der Waals surface area contributed by atoms with Crippen LogP contribution in [-0.2, 0) is 14.3 Å². The van der Waals surface area contributed by atoms with Gasteiger partial charge in [-0.3, -0.25) is 0 Å². The van der Waals surface area contributed by atoms with Crippen LogP contribution in [0.4, 0.5) is 5.69 Å². The fraction of sp³-hybridized carbons (Fsp3) is 0.533. The van der Waals surface area contributed by atoms with Gasteiger partial charge in [0.25, 0.3) is 0 Å². The zero-order valence-electron chi connectivity index (χ0n) is 12.1. The predicted octanol–water partition coefficient (Wildman–Crippen LogP) is 0.481. The molecule has 1 aromatic carbocycles. The second kappa shape index (κ2) is 7.40. The Morgan fingerprint density at radius 2 is 2.10 bits per heavy atom. The average molecular weight is 295 g/mol. The minimum absolute atomic E-state index is 0.163. The van der Waals surface area contributed by atoms with E-state index < -0.39 is 18.2 Å². The fourth-order valence-corrected chi connectivity index (χ4v) is 2.27. The molecule has 0 amide bonds. The highest BCUT2D eigenvalue weighted by atomic mass is 16.5. The van der Waals surface area contributed by atoms with Crippen LogP contribution in [0.5, 0.6) is 0 Å². The Morgan fingerprint density at radius 3 is 2.76 bits per heavy atom. The second-order valence-electron chi connectivity index (χ2n) is 4.84. The molecule has 1 aromatic rings. The molecule has 2 N–H and O–H groups in total. The molecule has 6 nitrogen and oxygen atoms in total. The van der Waals surface area contributed by atoms with E-state index in [0.29, 0.717) is 18.8 Å². The van der Waals surface area contributed by atoms with Gasteiger partial charge < -0.3 is 24.6 Å². The van der Waals surface area contributed by atoms with Gasteiger partial charge in [-0.1, -0.05) is 12.1 Å². The highest BCUT2D eigenvalue weighted by Gasteiger charge is 2.27. The number of anilines is 1. The van der Waals surface area contributed by atoms with Crippen LogP contribution >= 0.6 is 0 Å².